The lowest BCUT2D eigenvalue weighted by Crippen LogP contribution is -2.38. The van der Waals surface area contributed by atoms with E-state index in [1.165, 1.54) is 16.8 Å². The molecule has 9 nitrogen and oxygen atoms in total. The van der Waals surface area contributed by atoms with Crippen LogP contribution in [-0.2, 0) is 30.0 Å². The monoisotopic (exact) mass is 391 g/mol. The van der Waals surface area contributed by atoms with Crippen LogP contribution < -0.4 is 9.80 Å². The van der Waals surface area contributed by atoms with Crippen molar-refractivity contribution in [2.24, 2.45) is 7.05 Å². The van der Waals surface area contributed by atoms with Crippen molar-refractivity contribution >= 4 is 21.8 Å². The highest BCUT2D eigenvalue weighted by Gasteiger charge is 2.33. The number of fused-ring (bicyclic) bond motifs is 1. The van der Waals surface area contributed by atoms with Crippen molar-refractivity contribution < 1.29 is 8.42 Å². The van der Waals surface area contributed by atoms with Gasteiger partial charge >= 0.3 is 0 Å². The van der Waals surface area contributed by atoms with E-state index in [9.17, 15) is 8.42 Å². The van der Waals surface area contributed by atoms with Gasteiger partial charge in [0.2, 0.25) is 5.95 Å². The van der Waals surface area contributed by atoms with Crippen molar-refractivity contribution in [3.63, 3.8) is 0 Å². The van der Waals surface area contributed by atoms with Gasteiger partial charge in [0.25, 0.3) is 10.0 Å². The predicted molar refractivity (Wildman–Crippen MR) is 102 cm³/mol. The molecule has 1 fully saturated rings. The first kappa shape index (κ1) is 18.2. The summed E-state index contributed by atoms with van der Waals surface area (Å²) in [5.41, 5.74) is 1.83. The summed E-state index contributed by atoms with van der Waals surface area (Å²) >= 11 is 0. The molecule has 0 aliphatic carbocycles. The zero-order chi connectivity index (χ0) is 19.2. The predicted octanol–water partition coefficient (Wildman–Crippen LogP) is 0.623. The second-order valence-corrected chi connectivity index (χ2v) is 9.21. The first-order chi connectivity index (χ1) is 12.9. The van der Waals surface area contributed by atoms with Gasteiger partial charge in [0.1, 0.15) is 5.82 Å². The molecule has 2 aromatic rings. The van der Waals surface area contributed by atoms with Crippen LogP contribution in [0.15, 0.2) is 17.6 Å². The van der Waals surface area contributed by atoms with E-state index < -0.39 is 10.0 Å². The lowest BCUT2D eigenvalue weighted by Gasteiger charge is -2.30. The number of rotatable bonds is 4. The third-order valence-corrected chi connectivity index (χ3v) is 6.82. The van der Waals surface area contributed by atoms with Crippen molar-refractivity contribution in [2.45, 2.75) is 30.8 Å². The van der Waals surface area contributed by atoms with Gasteiger partial charge in [-0.1, -0.05) is 0 Å². The summed E-state index contributed by atoms with van der Waals surface area (Å²) in [4.78, 5) is 17.7. The minimum absolute atomic E-state index is 0.0782. The number of sulfonamides is 1. The standard InChI is InChI=1S/C17H25N7O2S/c1-21(2)16-13-10-24(27(25,26)15-11-22(3)12-18-15)9-6-14(13)19-17(20-16)23-7-4-5-8-23/h11-12H,4-10H2,1-3H3. The van der Waals surface area contributed by atoms with Crippen LogP contribution in [-0.4, -0.2) is 66.0 Å². The molecular weight excluding hydrogens is 366 g/mol. The molecule has 0 aromatic carbocycles. The maximum Gasteiger partial charge on any atom is 0.262 e. The van der Waals surface area contributed by atoms with Gasteiger partial charge in [-0.3, -0.25) is 0 Å². The van der Waals surface area contributed by atoms with E-state index >= 15 is 0 Å². The van der Waals surface area contributed by atoms with Crippen LogP contribution in [0.4, 0.5) is 11.8 Å². The summed E-state index contributed by atoms with van der Waals surface area (Å²) in [5.74, 6) is 1.55. The fourth-order valence-corrected chi connectivity index (χ4v) is 5.02. The average molecular weight is 392 g/mol. The molecule has 0 radical (unpaired) electrons. The van der Waals surface area contributed by atoms with Gasteiger partial charge in [0.05, 0.1) is 12.0 Å². The highest BCUT2D eigenvalue weighted by molar-refractivity contribution is 7.89. The summed E-state index contributed by atoms with van der Waals surface area (Å²) in [5, 5.41) is 0.0782. The fourth-order valence-electron chi connectivity index (χ4n) is 3.65. The molecule has 146 valence electrons. The number of nitrogens with zero attached hydrogens (tertiary/aromatic N) is 7. The molecule has 0 atom stereocenters. The van der Waals surface area contributed by atoms with E-state index in [0.29, 0.717) is 13.0 Å². The first-order valence-electron chi connectivity index (χ1n) is 9.16. The molecule has 4 heterocycles. The summed E-state index contributed by atoms with van der Waals surface area (Å²) in [6, 6.07) is 0. The maximum atomic E-state index is 13.0. The smallest absolute Gasteiger partial charge is 0.262 e. The fraction of sp³-hybridized carbons (Fsp3) is 0.588. The van der Waals surface area contributed by atoms with E-state index in [4.69, 9.17) is 9.97 Å². The summed E-state index contributed by atoms with van der Waals surface area (Å²) in [7, 11) is 1.99. The van der Waals surface area contributed by atoms with Crippen molar-refractivity contribution in [3.05, 3.63) is 23.8 Å². The average Bonchev–Trinajstić information content (AvgIpc) is 3.32. The van der Waals surface area contributed by atoms with Crippen LogP contribution >= 0.6 is 0 Å². The topological polar surface area (TPSA) is 87.5 Å². The highest BCUT2D eigenvalue weighted by Crippen LogP contribution is 2.31. The zero-order valence-corrected chi connectivity index (χ0v) is 16.8. The number of anilines is 2. The molecule has 0 saturated carbocycles. The normalized spacial score (nSPS) is 18.0. The number of aromatic nitrogens is 4. The van der Waals surface area contributed by atoms with Crippen LogP contribution in [0.3, 0.4) is 0 Å². The Balaban J connectivity index is 1.69. The van der Waals surface area contributed by atoms with Gasteiger partial charge < -0.3 is 14.4 Å². The second-order valence-electron chi connectivity index (χ2n) is 7.33. The van der Waals surface area contributed by atoms with Gasteiger partial charge in [0.15, 0.2) is 5.03 Å². The lowest BCUT2D eigenvalue weighted by atomic mass is 10.1. The third-order valence-electron chi connectivity index (χ3n) is 5.09. The minimum atomic E-state index is -3.64. The van der Waals surface area contributed by atoms with Crippen molar-refractivity contribution in [2.75, 3.05) is 43.5 Å². The highest BCUT2D eigenvalue weighted by atomic mass is 32.2. The summed E-state index contributed by atoms with van der Waals surface area (Å²) in [6.07, 6.45) is 5.93. The minimum Gasteiger partial charge on any atom is -0.362 e. The molecule has 1 saturated heterocycles. The molecule has 0 amide bonds. The quantitative estimate of drug-likeness (QED) is 0.755. The van der Waals surface area contributed by atoms with E-state index in [0.717, 1.165) is 49.0 Å². The molecule has 27 heavy (non-hydrogen) atoms. The largest absolute Gasteiger partial charge is 0.362 e. The molecule has 0 N–H and O–H groups in total. The number of aryl methyl sites for hydroxylation is 1. The Hall–Kier alpha value is -2.20. The molecule has 2 aliphatic rings. The Morgan fingerprint density at radius 3 is 2.48 bits per heavy atom. The third kappa shape index (κ3) is 3.27. The van der Waals surface area contributed by atoms with Crippen molar-refractivity contribution in [1.29, 1.82) is 0 Å². The molecule has 4 rings (SSSR count). The van der Waals surface area contributed by atoms with E-state index in [2.05, 4.69) is 9.88 Å². The summed E-state index contributed by atoms with van der Waals surface area (Å²) in [6.45, 7) is 2.62. The van der Waals surface area contributed by atoms with E-state index in [1.54, 1.807) is 11.6 Å². The van der Waals surface area contributed by atoms with Gasteiger partial charge in [-0.2, -0.15) is 9.29 Å². The number of imidazole rings is 1. The van der Waals surface area contributed by atoms with Crippen molar-refractivity contribution in [3.8, 4) is 0 Å². The Bertz CT molecular complexity index is 948. The number of hydrogen-bond acceptors (Lipinski definition) is 7. The Morgan fingerprint density at radius 1 is 1.11 bits per heavy atom. The van der Waals surface area contributed by atoms with Gasteiger partial charge in [0, 0.05) is 65.5 Å². The first-order valence-corrected chi connectivity index (χ1v) is 10.6. The molecule has 0 unspecified atom stereocenters. The zero-order valence-electron chi connectivity index (χ0n) is 16.0. The maximum absolute atomic E-state index is 13.0. The Kier molecular flexibility index (Phi) is 4.55. The van der Waals surface area contributed by atoms with Crippen LogP contribution in [0.2, 0.25) is 0 Å². The van der Waals surface area contributed by atoms with Crippen molar-refractivity contribution in [1.82, 2.24) is 23.8 Å². The van der Waals surface area contributed by atoms with E-state index in [1.807, 2.05) is 19.0 Å². The lowest BCUT2D eigenvalue weighted by molar-refractivity contribution is 0.385. The van der Waals surface area contributed by atoms with Gasteiger partial charge in [-0.25, -0.2) is 18.4 Å². The van der Waals surface area contributed by atoms with Gasteiger partial charge in [-0.15, -0.1) is 0 Å². The molecule has 2 aromatic heterocycles. The van der Waals surface area contributed by atoms with Crippen LogP contribution in [0.25, 0.3) is 0 Å². The Morgan fingerprint density at radius 2 is 1.85 bits per heavy atom. The number of hydrogen-bond donors (Lipinski definition) is 0. The van der Waals surface area contributed by atoms with Gasteiger partial charge in [-0.05, 0) is 12.8 Å². The van der Waals surface area contributed by atoms with Crippen LogP contribution in [0.5, 0.6) is 0 Å². The molecule has 10 heteroatoms. The molecule has 0 bridgehead atoms. The SMILES string of the molecule is CN(C)c1nc(N2CCCC2)nc2c1CN(S(=O)(=O)c1cn(C)cn1)CC2. The second kappa shape index (κ2) is 6.75. The molecule has 0 spiro atoms. The summed E-state index contributed by atoms with van der Waals surface area (Å²) < 4.78 is 29.0. The molecular formula is C17H25N7O2S. The van der Waals surface area contributed by atoms with Crippen LogP contribution in [0, 0.1) is 0 Å². The molecule has 2 aliphatic heterocycles. The Labute approximate surface area is 159 Å². The van der Waals surface area contributed by atoms with E-state index in [-0.39, 0.29) is 11.6 Å². The van der Waals surface area contributed by atoms with Crippen LogP contribution in [0.1, 0.15) is 24.1 Å².